The van der Waals surface area contributed by atoms with Crippen LogP contribution in [0.5, 0.6) is 5.75 Å². The first-order valence-corrected chi connectivity index (χ1v) is 10.8. The van der Waals surface area contributed by atoms with Gasteiger partial charge >= 0.3 is 12.8 Å². The van der Waals surface area contributed by atoms with Gasteiger partial charge in [-0.2, -0.15) is 22.0 Å². The number of piperazine rings is 2. The van der Waals surface area contributed by atoms with E-state index in [0.717, 1.165) is 19.2 Å². The van der Waals surface area contributed by atoms with Crippen LogP contribution in [0, 0.1) is 0 Å². The molecule has 186 valence electrons. The molecule has 12 heteroatoms. The number of ether oxygens (including phenoxy) is 1. The number of carbonyl (C=O) groups is 1. The van der Waals surface area contributed by atoms with Gasteiger partial charge < -0.3 is 25.2 Å². The van der Waals surface area contributed by atoms with Crippen molar-refractivity contribution in [2.24, 2.45) is 0 Å². The Kier molecular flexibility index (Phi) is 8.99. The summed E-state index contributed by atoms with van der Waals surface area (Å²) in [6, 6.07) is 8.27. The van der Waals surface area contributed by atoms with Crippen LogP contribution in [-0.2, 0) is 6.18 Å². The molecule has 2 aromatic rings. The second-order valence-electron chi connectivity index (χ2n) is 7.56. The molecule has 2 fully saturated rings. The fourth-order valence-electron chi connectivity index (χ4n) is 3.60. The summed E-state index contributed by atoms with van der Waals surface area (Å²) in [6.45, 7) is 2.35. The van der Waals surface area contributed by atoms with Crippen LogP contribution in [0.25, 0.3) is 0 Å². The Morgan fingerprint density at radius 2 is 1.62 bits per heavy atom. The van der Waals surface area contributed by atoms with E-state index in [0.29, 0.717) is 44.8 Å². The Labute approximate surface area is 193 Å². The summed E-state index contributed by atoms with van der Waals surface area (Å²) in [6.07, 6.45) is -2.94. The number of anilines is 1. The van der Waals surface area contributed by atoms with Crippen LogP contribution in [0.1, 0.15) is 15.9 Å². The second kappa shape index (κ2) is 11.9. The van der Waals surface area contributed by atoms with Gasteiger partial charge in [-0.25, -0.2) is 4.98 Å². The Bertz CT molecular complexity index is 932. The summed E-state index contributed by atoms with van der Waals surface area (Å²) in [5.41, 5.74) is -0.285. The Hall–Kier alpha value is -2.99. The molecule has 0 saturated carbocycles. The van der Waals surface area contributed by atoms with Crippen molar-refractivity contribution in [3.05, 3.63) is 53.7 Å². The van der Waals surface area contributed by atoms with Crippen molar-refractivity contribution >= 4 is 11.7 Å². The fraction of sp³-hybridized carbons (Fsp3) is 0.455. The molecule has 1 aromatic heterocycles. The smallest absolute Gasteiger partial charge is 0.419 e. The summed E-state index contributed by atoms with van der Waals surface area (Å²) in [5.74, 6) is -0.112. The average molecular weight is 487 g/mol. The second-order valence-corrected chi connectivity index (χ2v) is 7.56. The fourth-order valence-corrected chi connectivity index (χ4v) is 3.60. The largest absolute Gasteiger partial charge is 0.435 e. The first-order valence-electron chi connectivity index (χ1n) is 10.8. The number of hydrogen-bond acceptors (Lipinski definition) is 6. The summed E-state index contributed by atoms with van der Waals surface area (Å²) >= 11 is 0. The van der Waals surface area contributed by atoms with E-state index in [-0.39, 0.29) is 17.5 Å². The maximum atomic E-state index is 12.7. The zero-order chi connectivity index (χ0) is 24.6. The highest BCUT2D eigenvalue weighted by Crippen LogP contribution is 2.35. The molecular formula is C22H26F5N5O2. The lowest BCUT2D eigenvalue weighted by Gasteiger charge is -2.30. The van der Waals surface area contributed by atoms with E-state index in [2.05, 4.69) is 20.4 Å². The van der Waals surface area contributed by atoms with Gasteiger partial charge in [-0.1, -0.05) is 6.07 Å². The van der Waals surface area contributed by atoms with Crippen LogP contribution < -0.4 is 20.3 Å². The van der Waals surface area contributed by atoms with Gasteiger partial charge in [-0.3, -0.25) is 4.79 Å². The lowest BCUT2D eigenvalue weighted by Crippen LogP contribution is -2.46. The van der Waals surface area contributed by atoms with Crippen LogP contribution in [-0.4, -0.2) is 74.8 Å². The molecule has 2 aliphatic rings. The standard InChI is InChI=1S/C12H14F2N2O2.C10H12F3N3/c13-12(14)18-10-3-1-2-9(8-10)11(17)16-6-4-15-5-7-16;11-10(12,13)8-2-1-3-15-9(8)16-6-4-14-5-7-16/h1-3,8,12,15H,4-7H2;1-3,14H,4-7H2. The van der Waals surface area contributed by atoms with Crippen molar-refractivity contribution in [2.75, 3.05) is 57.3 Å². The molecule has 0 radical (unpaired) electrons. The molecule has 2 N–H and O–H groups in total. The topological polar surface area (TPSA) is 69.7 Å². The number of hydrogen-bond donors (Lipinski definition) is 2. The van der Waals surface area contributed by atoms with Gasteiger partial charge in [0.05, 0.1) is 5.56 Å². The lowest BCUT2D eigenvalue weighted by atomic mass is 10.1. The highest BCUT2D eigenvalue weighted by Gasteiger charge is 2.35. The molecule has 0 unspecified atom stereocenters. The zero-order valence-electron chi connectivity index (χ0n) is 18.3. The van der Waals surface area contributed by atoms with Crippen LogP contribution in [0.15, 0.2) is 42.6 Å². The number of carbonyl (C=O) groups excluding carboxylic acids is 1. The SMILES string of the molecule is FC(F)(F)c1cccnc1N1CCNCC1.O=C(c1cccc(OC(F)F)c1)N1CCNCC1. The normalized spacial score (nSPS) is 16.6. The maximum Gasteiger partial charge on any atom is 0.419 e. The van der Waals surface area contributed by atoms with Crippen LogP contribution in [0.4, 0.5) is 27.8 Å². The van der Waals surface area contributed by atoms with Crippen molar-refractivity contribution in [1.29, 1.82) is 0 Å². The quantitative estimate of drug-likeness (QED) is 0.647. The number of halogens is 5. The third-order valence-electron chi connectivity index (χ3n) is 5.22. The van der Waals surface area contributed by atoms with E-state index in [1.54, 1.807) is 15.9 Å². The van der Waals surface area contributed by atoms with Crippen molar-refractivity contribution in [3.8, 4) is 5.75 Å². The molecule has 0 aliphatic carbocycles. The average Bonchev–Trinajstić information content (AvgIpc) is 2.84. The minimum Gasteiger partial charge on any atom is -0.435 e. The predicted molar refractivity (Wildman–Crippen MR) is 116 cm³/mol. The van der Waals surface area contributed by atoms with Crippen molar-refractivity contribution in [2.45, 2.75) is 12.8 Å². The van der Waals surface area contributed by atoms with E-state index < -0.39 is 18.4 Å². The summed E-state index contributed by atoms with van der Waals surface area (Å²) < 4.78 is 66.6. The highest BCUT2D eigenvalue weighted by molar-refractivity contribution is 5.94. The number of aromatic nitrogens is 1. The monoisotopic (exact) mass is 487 g/mol. The molecule has 1 amide bonds. The number of pyridine rings is 1. The van der Waals surface area contributed by atoms with Gasteiger partial charge in [-0.15, -0.1) is 0 Å². The zero-order valence-corrected chi connectivity index (χ0v) is 18.3. The molecule has 2 aliphatic heterocycles. The molecule has 7 nitrogen and oxygen atoms in total. The van der Waals surface area contributed by atoms with Crippen molar-refractivity contribution < 1.29 is 31.5 Å². The van der Waals surface area contributed by atoms with Gasteiger partial charge in [-0.05, 0) is 30.3 Å². The van der Waals surface area contributed by atoms with E-state index >= 15 is 0 Å². The Morgan fingerprint density at radius 3 is 2.24 bits per heavy atom. The molecule has 0 spiro atoms. The van der Waals surface area contributed by atoms with Gasteiger partial charge in [0.1, 0.15) is 11.6 Å². The predicted octanol–water partition coefficient (Wildman–Crippen LogP) is 2.84. The molecule has 2 saturated heterocycles. The Morgan fingerprint density at radius 1 is 0.971 bits per heavy atom. The van der Waals surface area contributed by atoms with Gasteiger partial charge in [0.15, 0.2) is 0 Å². The molecule has 4 rings (SSSR count). The third-order valence-corrected chi connectivity index (χ3v) is 5.22. The number of alkyl halides is 5. The maximum absolute atomic E-state index is 12.7. The number of amides is 1. The van der Waals surface area contributed by atoms with Gasteiger partial charge in [0, 0.05) is 64.1 Å². The molecule has 0 bridgehead atoms. The summed E-state index contributed by atoms with van der Waals surface area (Å²) in [7, 11) is 0. The molecule has 0 atom stereocenters. The van der Waals surface area contributed by atoms with Gasteiger partial charge in [0.25, 0.3) is 5.91 Å². The molecular weight excluding hydrogens is 461 g/mol. The van der Waals surface area contributed by atoms with E-state index in [1.807, 2.05) is 0 Å². The van der Waals surface area contributed by atoms with E-state index in [4.69, 9.17) is 0 Å². The minimum atomic E-state index is -4.34. The van der Waals surface area contributed by atoms with E-state index in [9.17, 15) is 26.7 Å². The molecule has 3 heterocycles. The van der Waals surface area contributed by atoms with Crippen LogP contribution in [0.2, 0.25) is 0 Å². The van der Waals surface area contributed by atoms with Crippen LogP contribution in [0.3, 0.4) is 0 Å². The third kappa shape index (κ3) is 7.26. The van der Waals surface area contributed by atoms with Crippen molar-refractivity contribution in [1.82, 2.24) is 20.5 Å². The highest BCUT2D eigenvalue weighted by atomic mass is 19.4. The summed E-state index contributed by atoms with van der Waals surface area (Å²) in [4.78, 5) is 19.3. The number of rotatable bonds is 4. The lowest BCUT2D eigenvalue weighted by molar-refractivity contribution is -0.137. The van der Waals surface area contributed by atoms with Crippen molar-refractivity contribution in [3.63, 3.8) is 0 Å². The van der Waals surface area contributed by atoms with E-state index in [1.165, 1.54) is 30.5 Å². The Balaban J connectivity index is 0.000000192. The van der Waals surface area contributed by atoms with Gasteiger partial charge in [0.2, 0.25) is 0 Å². The number of nitrogens with zero attached hydrogens (tertiary/aromatic N) is 3. The minimum absolute atomic E-state index is 0.00554. The first kappa shape index (κ1) is 25.6. The first-order chi connectivity index (χ1) is 16.3. The molecule has 34 heavy (non-hydrogen) atoms. The number of benzene rings is 1. The van der Waals surface area contributed by atoms with Crippen LogP contribution >= 0.6 is 0 Å². The number of nitrogens with one attached hydrogen (secondary N) is 2. The molecule has 1 aromatic carbocycles. The summed E-state index contributed by atoms with van der Waals surface area (Å²) in [5, 5.41) is 6.23.